The maximum atomic E-state index is 6.00. The molecule has 3 rings (SSSR count). The minimum absolute atomic E-state index is 0. The van der Waals surface area contributed by atoms with Crippen LogP contribution in [-0.2, 0) is 36.1 Å². The topological polar surface area (TPSA) is 72.7 Å². The molecule has 0 aliphatic carbocycles. The average molecular weight is 556 g/mol. The monoisotopic (exact) mass is 555 g/mol. The maximum absolute atomic E-state index is 6.00. The summed E-state index contributed by atoms with van der Waals surface area (Å²) in [6.07, 6.45) is 3.22. The van der Waals surface area contributed by atoms with Crippen LogP contribution in [-0.4, -0.2) is 48.1 Å². The molecule has 0 spiro atoms. The number of guanidine groups is 1. The van der Waals surface area contributed by atoms with E-state index in [4.69, 9.17) is 9.47 Å². The highest BCUT2D eigenvalue weighted by Crippen LogP contribution is 2.15. The van der Waals surface area contributed by atoms with Gasteiger partial charge in [0.15, 0.2) is 5.96 Å². The van der Waals surface area contributed by atoms with E-state index in [9.17, 15) is 0 Å². The molecule has 2 N–H and O–H groups in total. The molecule has 0 bridgehead atoms. The molecule has 2 heterocycles. The predicted molar refractivity (Wildman–Crippen MR) is 140 cm³/mol. The number of aromatic nitrogens is 2. The van der Waals surface area contributed by atoms with Gasteiger partial charge in [-0.25, -0.2) is 0 Å². The van der Waals surface area contributed by atoms with E-state index in [0.29, 0.717) is 12.7 Å². The summed E-state index contributed by atoms with van der Waals surface area (Å²) in [5, 5.41) is 11.4. The molecule has 0 amide bonds. The fraction of sp³-hybridized carbons (Fsp3) is 0.583. The van der Waals surface area contributed by atoms with Gasteiger partial charge in [0.2, 0.25) is 0 Å². The zero-order valence-electron chi connectivity index (χ0n) is 20.0. The summed E-state index contributed by atoms with van der Waals surface area (Å²) in [5.74, 6) is 0.804. The van der Waals surface area contributed by atoms with Gasteiger partial charge < -0.3 is 20.1 Å². The second-order valence-electron chi connectivity index (χ2n) is 8.39. The second kappa shape index (κ2) is 13.2. The molecule has 1 unspecified atom stereocenters. The van der Waals surface area contributed by atoms with Crippen molar-refractivity contribution in [1.82, 2.24) is 20.4 Å². The van der Waals surface area contributed by atoms with Crippen molar-refractivity contribution >= 4 is 29.9 Å². The molecule has 0 saturated carbocycles. The van der Waals surface area contributed by atoms with Crippen molar-refractivity contribution < 1.29 is 9.47 Å². The Bertz CT molecular complexity index is 860. The number of ether oxygens (including phenoxy) is 2. The number of halogens is 1. The van der Waals surface area contributed by atoms with Crippen LogP contribution in [0.25, 0.3) is 0 Å². The predicted octanol–water partition coefficient (Wildman–Crippen LogP) is 3.65. The lowest BCUT2D eigenvalue weighted by Crippen LogP contribution is -2.42. The minimum atomic E-state index is 0. The molecule has 7 nitrogen and oxygen atoms in total. The normalized spacial score (nSPS) is 15.8. The number of aliphatic imine (C=N–C) groups is 1. The first-order chi connectivity index (χ1) is 15.0. The van der Waals surface area contributed by atoms with Gasteiger partial charge in [-0.1, -0.05) is 24.3 Å². The van der Waals surface area contributed by atoms with Crippen molar-refractivity contribution in [2.75, 3.05) is 20.3 Å². The lowest BCUT2D eigenvalue weighted by atomic mass is 10.1. The Hall–Kier alpha value is -1.65. The van der Waals surface area contributed by atoms with Crippen LogP contribution in [0.1, 0.15) is 47.8 Å². The zero-order chi connectivity index (χ0) is 22.2. The van der Waals surface area contributed by atoms with E-state index in [1.165, 1.54) is 22.4 Å². The molecule has 8 heteroatoms. The second-order valence-corrected chi connectivity index (χ2v) is 8.39. The van der Waals surface area contributed by atoms with E-state index in [2.05, 4.69) is 65.8 Å². The quantitative estimate of drug-likeness (QED) is 0.296. The van der Waals surface area contributed by atoms with Crippen molar-refractivity contribution in [3.05, 3.63) is 52.3 Å². The summed E-state index contributed by atoms with van der Waals surface area (Å²) in [4.78, 5) is 4.38. The molecule has 1 aliphatic rings. The summed E-state index contributed by atoms with van der Waals surface area (Å²) in [6, 6.07) is 8.83. The van der Waals surface area contributed by atoms with Crippen LogP contribution in [0.15, 0.2) is 29.3 Å². The Morgan fingerprint density at radius 3 is 2.47 bits per heavy atom. The van der Waals surface area contributed by atoms with Crippen LogP contribution in [0, 0.1) is 13.8 Å². The molecular weight excluding hydrogens is 517 g/mol. The van der Waals surface area contributed by atoms with Gasteiger partial charge >= 0.3 is 0 Å². The van der Waals surface area contributed by atoms with Crippen molar-refractivity contribution in [3.63, 3.8) is 0 Å². The molecule has 1 aliphatic heterocycles. The van der Waals surface area contributed by atoms with Gasteiger partial charge in [0, 0.05) is 45.6 Å². The molecular formula is C24H38IN5O2. The van der Waals surface area contributed by atoms with Gasteiger partial charge in [-0.05, 0) is 56.7 Å². The van der Waals surface area contributed by atoms with Crippen LogP contribution in [0.4, 0.5) is 0 Å². The van der Waals surface area contributed by atoms with Gasteiger partial charge in [0.1, 0.15) is 0 Å². The van der Waals surface area contributed by atoms with E-state index in [-0.39, 0.29) is 30.0 Å². The van der Waals surface area contributed by atoms with Gasteiger partial charge in [-0.2, -0.15) is 5.10 Å². The fourth-order valence-electron chi connectivity index (χ4n) is 3.89. The number of aryl methyl sites for hydroxylation is 2. The Morgan fingerprint density at radius 1 is 1.22 bits per heavy atom. The SMILES string of the molecule is CN=C(NCc1ccc(COC2CCOCC2)cc1)NC(C)Cc1c(C)nn(C)c1C.I. The molecule has 1 fully saturated rings. The maximum Gasteiger partial charge on any atom is 0.191 e. The lowest BCUT2D eigenvalue weighted by Gasteiger charge is -2.22. The third kappa shape index (κ3) is 7.74. The minimum Gasteiger partial charge on any atom is -0.381 e. The summed E-state index contributed by atoms with van der Waals surface area (Å²) in [5.41, 5.74) is 6.03. The largest absolute Gasteiger partial charge is 0.381 e. The molecule has 0 radical (unpaired) electrons. The van der Waals surface area contributed by atoms with Crippen LogP contribution in [0.2, 0.25) is 0 Å². The Morgan fingerprint density at radius 2 is 1.88 bits per heavy atom. The summed E-state index contributed by atoms with van der Waals surface area (Å²) in [6.45, 7) is 9.36. The number of hydrogen-bond donors (Lipinski definition) is 2. The number of rotatable bonds is 8. The lowest BCUT2D eigenvalue weighted by molar-refractivity contribution is -0.0390. The highest BCUT2D eigenvalue weighted by molar-refractivity contribution is 14.0. The molecule has 1 saturated heterocycles. The van der Waals surface area contributed by atoms with Crippen LogP contribution < -0.4 is 10.6 Å². The Balaban J connectivity index is 0.00000363. The first-order valence-corrected chi connectivity index (χ1v) is 11.2. The smallest absolute Gasteiger partial charge is 0.191 e. The standard InChI is InChI=1S/C24H37N5O2.HI/c1-17(14-23-18(2)28-29(5)19(23)3)27-24(25-4)26-15-20-6-8-21(9-7-20)16-31-22-10-12-30-13-11-22;/h6-9,17,22H,10-16H2,1-5H3,(H2,25,26,27);1H. The Labute approximate surface area is 209 Å². The van der Waals surface area contributed by atoms with Crippen molar-refractivity contribution in [1.29, 1.82) is 0 Å². The first-order valence-electron chi connectivity index (χ1n) is 11.2. The van der Waals surface area contributed by atoms with E-state index < -0.39 is 0 Å². The van der Waals surface area contributed by atoms with Crippen LogP contribution in [0.5, 0.6) is 0 Å². The number of nitrogens with one attached hydrogen (secondary N) is 2. The van der Waals surface area contributed by atoms with Crippen molar-refractivity contribution in [2.24, 2.45) is 12.0 Å². The highest BCUT2D eigenvalue weighted by Gasteiger charge is 2.15. The number of benzene rings is 1. The number of hydrogen-bond acceptors (Lipinski definition) is 4. The average Bonchev–Trinajstić information content (AvgIpc) is 3.02. The molecule has 32 heavy (non-hydrogen) atoms. The third-order valence-corrected chi connectivity index (χ3v) is 5.91. The van der Waals surface area contributed by atoms with Crippen LogP contribution >= 0.6 is 24.0 Å². The van der Waals surface area contributed by atoms with E-state index >= 15 is 0 Å². The van der Waals surface area contributed by atoms with E-state index in [0.717, 1.165) is 50.7 Å². The summed E-state index contributed by atoms with van der Waals surface area (Å²) in [7, 11) is 3.80. The van der Waals surface area contributed by atoms with Gasteiger partial charge in [-0.15, -0.1) is 24.0 Å². The van der Waals surface area contributed by atoms with Crippen LogP contribution in [0.3, 0.4) is 0 Å². The summed E-state index contributed by atoms with van der Waals surface area (Å²) >= 11 is 0. The first kappa shape index (κ1) is 26.6. The summed E-state index contributed by atoms with van der Waals surface area (Å²) < 4.78 is 13.3. The van der Waals surface area contributed by atoms with Crippen molar-refractivity contribution in [3.8, 4) is 0 Å². The van der Waals surface area contributed by atoms with Gasteiger partial charge in [-0.3, -0.25) is 9.67 Å². The molecule has 1 atom stereocenters. The molecule has 178 valence electrons. The van der Waals surface area contributed by atoms with Crippen molar-refractivity contribution in [2.45, 2.75) is 65.3 Å². The van der Waals surface area contributed by atoms with Gasteiger partial charge in [0.25, 0.3) is 0 Å². The Kier molecular flexibility index (Phi) is 10.9. The molecule has 2 aromatic rings. The van der Waals surface area contributed by atoms with E-state index in [1.54, 1.807) is 7.05 Å². The number of nitrogens with zero attached hydrogens (tertiary/aromatic N) is 3. The third-order valence-electron chi connectivity index (χ3n) is 5.91. The zero-order valence-corrected chi connectivity index (χ0v) is 22.3. The molecule has 1 aromatic carbocycles. The highest BCUT2D eigenvalue weighted by atomic mass is 127. The van der Waals surface area contributed by atoms with Gasteiger partial charge in [0.05, 0.1) is 18.4 Å². The van der Waals surface area contributed by atoms with E-state index in [1.807, 2.05) is 11.7 Å². The fourth-order valence-corrected chi connectivity index (χ4v) is 3.89. The molecule has 1 aromatic heterocycles.